The fourth-order valence-corrected chi connectivity index (χ4v) is 2.93. The minimum Gasteiger partial charge on any atom is -0.324 e. The van der Waals surface area contributed by atoms with Crippen molar-refractivity contribution in [3.63, 3.8) is 0 Å². The van der Waals surface area contributed by atoms with Crippen LogP contribution in [-0.4, -0.2) is 29.9 Å². The van der Waals surface area contributed by atoms with Crippen molar-refractivity contribution in [2.45, 2.75) is 12.8 Å². The summed E-state index contributed by atoms with van der Waals surface area (Å²) in [6, 6.07) is 11.8. The zero-order valence-electron chi connectivity index (χ0n) is 14.0. The number of nitrogens with zero attached hydrogens (tertiary/aromatic N) is 1. The van der Waals surface area contributed by atoms with Gasteiger partial charge >= 0.3 is 6.03 Å². The minimum absolute atomic E-state index is 0.0674. The molecule has 1 atom stereocenters. The number of carbonyl (C=O) groups is 2. The van der Waals surface area contributed by atoms with Crippen molar-refractivity contribution in [1.82, 2.24) is 4.90 Å². The number of anilines is 2. The molecule has 2 aromatic carbocycles. The van der Waals surface area contributed by atoms with E-state index in [0.29, 0.717) is 25.1 Å². The fraction of sp³-hybridized carbons (Fsp3) is 0.263. The summed E-state index contributed by atoms with van der Waals surface area (Å²) in [4.78, 5) is 26.3. The Kier molecular flexibility index (Phi) is 5.46. The normalized spacial score (nSPS) is 16.8. The lowest BCUT2D eigenvalue weighted by atomic mass is 9.97. The highest BCUT2D eigenvalue weighted by atomic mass is 19.1. The van der Waals surface area contributed by atoms with Gasteiger partial charge in [-0.25, -0.2) is 13.6 Å². The van der Waals surface area contributed by atoms with Crippen LogP contribution in [-0.2, 0) is 4.79 Å². The molecule has 1 fully saturated rings. The quantitative estimate of drug-likeness (QED) is 0.874. The number of piperidine rings is 1. The second kappa shape index (κ2) is 7.95. The van der Waals surface area contributed by atoms with E-state index in [-0.39, 0.29) is 24.2 Å². The molecule has 0 aromatic heterocycles. The van der Waals surface area contributed by atoms with Crippen molar-refractivity contribution in [3.05, 3.63) is 60.2 Å². The van der Waals surface area contributed by atoms with Crippen molar-refractivity contribution in [2.75, 3.05) is 23.7 Å². The number of amides is 3. The molecule has 1 aliphatic rings. The molecule has 2 aromatic rings. The van der Waals surface area contributed by atoms with Crippen molar-refractivity contribution < 1.29 is 18.4 Å². The molecular formula is C19H19F2N3O2. The second-order valence-corrected chi connectivity index (χ2v) is 6.19. The van der Waals surface area contributed by atoms with E-state index in [1.807, 2.05) is 18.2 Å². The van der Waals surface area contributed by atoms with Crippen LogP contribution in [0.5, 0.6) is 0 Å². The van der Waals surface area contributed by atoms with Crippen molar-refractivity contribution in [3.8, 4) is 0 Å². The highest BCUT2D eigenvalue weighted by Crippen LogP contribution is 2.21. The fourth-order valence-electron chi connectivity index (χ4n) is 2.93. The van der Waals surface area contributed by atoms with E-state index in [4.69, 9.17) is 0 Å². The summed E-state index contributed by atoms with van der Waals surface area (Å²) in [6.07, 6.45) is 1.27. The van der Waals surface area contributed by atoms with Gasteiger partial charge in [-0.05, 0) is 37.1 Å². The number of likely N-dealkylation sites (tertiary alicyclic amines) is 1. The average Bonchev–Trinajstić information content (AvgIpc) is 2.65. The van der Waals surface area contributed by atoms with E-state index in [1.54, 1.807) is 17.0 Å². The molecule has 1 saturated heterocycles. The van der Waals surface area contributed by atoms with Gasteiger partial charge < -0.3 is 15.5 Å². The highest BCUT2D eigenvalue weighted by molar-refractivity contribution is 5.94. The number of hydrogen-bond donors (Lipinski definition) is 2. The van der Waals surface area contributed by atoms with E-state index >= 15 is 0 Å². The van der Waals surface area contributed by atoms with E-state index < -0.39 is 17.6 Å². The molecule has 0 radical (unpaired) electrons. The van der Waals surface area contributed by atoms with Crippen LogP contribution in [0.2, 0.25) is 0 Å². The lowest BCUT2D eigenvalue weighted by Crippen LogP contribution is -2.45. The van der Waals surface area contributed by atoms with E-state index in [2.05, 4.69) is 10.6 Å². The standard InChI is InChI=1S/C19H19F2N3O2/c20-14-8-9-17(16(21)11-14)23-18(25)13-5-4-10-24(12-13)19(26)22-15-6-2-1-3-7-15/h1-3,6-9,11,13H,4-5,10,12H2,(H,22,26)(H,23,25)/t13-/m1/s1. The van der Waals surface area contributed by atoms with Crippen LogP contribution in [0.4, 0.5) is 25.0 Å². The molecule has 2 N–H and O–H groups in total. The van der Waals surface area contributed by atoms with Gasteiger partial charge in [-0.2, -0.15) is 0 Å². The maximum Gasteiger partial charge on any atom is 0.321 e. The first-order chi connectivity index (χ1) is 12.5. The summed E-state index contributed by atoms with van der Waals surface area (Å²) in [7, 11) is 0. The van der Waals surface area contributed by atoms with Crippen LogP contribution < -0.4 is 10.6 Å². The van der Waals surface area contributed by atoms with Gasteiger partial charge in [0.2, 0.25) is 5.91 Å². The molecule has 0 saturated carbocycles. The molecule has 1 heterocycles. The zero-order valence-corrected chi connectivity index (χ0v) is 14.0. The molecule has 0 spiro atoms. The van der Waals surface area contributed by atoms with E-state index in [1.165, 1.54) is 6.07 Å². The summed E-state index contributed by atoms with van der Waals surface area (Å²) >= 11 is 0. The molecule has 136 valence electrons. The van der Waals surface area contributed by atoms with Crippen LogP contribution in [0, 0.1) is 17.6 Å². The Morgan fingerprint density at radius 3 is 2.54 bits per heavy atom. The van der Waals surface area contributed by atoms with E-state index in [9.17, 15) is 18.4 Å². The summed E-state index contributed by atoms with van der Waals surface area (Å²) in [5.41, 5.74) is 0.611. The molecule has 0 unspecified atom stereocenters. The smallest absolute Gasteiger partial charge is 0.321 e. The largest absolute Gasteiger partial charge is 0.324 e. The molecule has 1 aliphatic heterocycles. The van der Waals surface area contributed by atoms with Crippen LogP contribution >= 0.6 is 0 Å². The van der Waals surface area contributed by atoms with Gasteiger partial charge in [0.1, 0.15) is 11.6 Å². The summed E-state index contributed by atoms with van der Waals surface area (Å²) < 4.78 is 26.7. The summed E-state index contributed by atoms with van der Waals surface area (Å²) in [6.45, 7) is 0.792. The number of halogens is 2. The Morgan fingerprint density at radius 1 is 1.04 bits per heavy atom. The first kappa shape index (κ1) is 17.8. The number of nitrogens with one attached hydrogen (secondary N) is 2. The number of rotatable bonds is 3. The number of urea groups is 1. The topological polar surface area (TPSA) is 61.4 Å². The van der Waals surface area contributed by atoms with Crippen molar-refractivity contribution in [2.24, 2.45) is 5.92 Å². The predicted molar refractivity (Wildman–Crippen MR) is 94.7 cm³/mol. The molecule has 3 amide bonds. The summed E-state index contributed by atoms with van der Waals surface area (Å²) in [5, 5.41) is 5.27. The van der Waals surface area contributed by atoms with Gasteiger partial charge in [0.25, 0.3) is 0 Å². The Hall–Kier alpha value is -2.96. The molecule has 26 heavy (non-hydrogen) atoms. The third kappa shape index (κ3) is 4.36. The van der Waals surface area contributed by atoms with Crippen LogP contribution in [0.25, 0.3) is 0 Å². The van der Waals surface area contributed by atoms with Gasteiger partial charge in [0.15, 0.2) is 0 Å². The molecule has 5 nitrogen and oxygen atoms in total. The number of hydrogen-bond acceptors (Lipinski definition) is 2. The first-order valence-electron chi connectivity index (χ1n) is 8.40. The number of para-hydroxylation sites is 1. The van der Waals surface area contributed by atoms with Gasteiger partial charge in [0, 0.05) is 24.8 Å². The van der Waals surface area contributed by atoms with Gasteiger partial charge in [-0.1, -0.05) is 18.2 Å². The lowest BCUT2D eigenvalue weighted by molar-refractivity contribution is -0.121. The second-order valence-electron chi connectivity index (χ2n) is 6.19. The molecule has 0 aliphatic carbocycles. The molecule has 3 rings (SSSR count). The Morgan fingerprint density at radius 2 is 1.81 bits per heavy atom. The number of carbonyl (C=O) groups excluding carboxylic acids is 2. The van der Waals surface area contributed by atoms with Gasteiger partial charge in [-0.3, -0.25) is 4.79 Å². The van der Waals surface area contributed by atoms with Crippen molar-refractivity contribution in [1.29, 1.82) is 0 Å². The summed E-state index contributed by atoms with van der Waals surface area (Å²) in [5.74, 6) is -2.36. The SMILES string of the molecule is O=C(Nc1ccc(F)cc1F)[C@@H]1CCCN(C(=O)Nc2ccccc2)C1. The average molecular weight is 359 g/mol. The highest BCUT2D eigenvalue weighted by Gasteiger charge is 2.29. The first-order valence-corrected chi connectivity index (χ1v) is 8.40. The Bertz CT molecular complexity index is 799. The third-order valence-electron chi connectivity index (χ3n) is 4.29. The van der Waals surface area contributed by atoms with Gasteiger partial charge in [0.05, 0.1) is 11.6 Å². The van der Waals surface area contributed by atoms with Crippen LogP contribution in [0.3, 0.4) is 0 Å². The third-order valence-corrected chi connectivity index (χ3v) is 4.29. The number of benzene rings is 2. The van der Waals surface area contributed by atoms with Crippen molar-refractivity contribution >= 4 is 23.3 Å². The Balaban J connectivity index is 1.60. The maximum absolute atomic E-state index is 13.7. The Labute approximate surface area is 150 Å². The van der Waals surface area contributed by atoms with E-state index in [0.717, 1.165) is 12.1 Å². The molecular weight excluding hydrogens is 340 g/mol. The van der Waals surface area contributed by atoms with Crippen LogP contribution in [0.15, 0.2) is 48.5 Å². The molecule has 0 bridgehead atoms. The van der Waals surface area contributed by atoms with Gasteiger partial charge in [-0.15, -0.1) is 0 Å². The van der Waals surface area contributed by atoms with Crippen LogP contribution in [0.1, 0.15) is 12.8 Å². The lowest BCUT2D eigenvalue weighted by Gasteiger charge is -2.32. The predicted octanol–water partition coefficient (Wildman–Crippen LogP) is 3.85. The monoisotopic (exact) mass is 359 g/mol. The molecule has 7 heteroatoms. The zero-order chi connectivity index (χ0) is 18.5. The minimum atomic E-state index is -0.826. The maximum atomic E-state index is 13.7.